The largest absolute Gasteiger partial charge is 0.494 e. The normalized spacial score (nSPS) is 16.0. The van der Waals surface area contributed by atoms with Crippen LogP contribution in [0.15, 0.2) is 143 Å². The number of hydrogen-bond donors (Lipinski definition) is 2. The number of aromatic nitrogens is 3. The maximum atomic E-state index is 13.5. The Hall–Kier alpha value is -7.62. The summed E-state index contributed by atoms with van der Waals surface area (Å²) in [6.07, 6.45) is 27.5. The molecule has 2 amide bonds. The maximum Gasteiger partial charge on any atom is 0.294 e. The van der Waals surface area contributed by atoms with Gasteiger partial charge in [0.1, 0.15) is 23.8 Å². The second kappa shape index (κ2) is 32.9. The van der Waals surface area contributed by atoms with Gasteiger partial charge in [-0.25, -0.2) is 9.50 Å². The third-order valence-electron chi connectivity index (χ3n) is 19.7. The van der Waals surface area contributed by atoms with Crippen LogP contribution in [-0.2, 0) is 56.2 Å². The summed E-state index contributed by atoms with van der Waals surface area (Å²) in [4.78, 5) is 35.8. The number of unbranched alkanes of at least 4 members (excludes halogenated alkanes) is 9. The number of hydrogen-bond acceptors (Lipinski definition) is 9. The lowest BCUT2D eigenvalue weighted by Gasteiger charge is -2.27. The van der Waals surface area contributed by atoms with Crippen LogP contribution in [0, 0.1) is 6.92 Å². The topological polar surface area (TPSA) is 159 Å². The number of rotatable bonds is 34. The first-order chi connectivity index (χ1) is 45.7. The summed E-state index contributed by atoms with van der Waals surface area (Å²) >= 11 is 0. The van der Waals surface area contributed by atoms with E-state index >= 15 is 0 Å². The molecule has 15 heteroatoms. The lowest BCUT2D eigenvalue weighted by Crippen LogP contribution is -2.31. The van der Waals surface area contributed by atoms with Gasteiger partial charge < -0.3 is 24.6 Å². The molecule has 0 fully saturated rings. The Labute approximate surface area is 567 Å². The van der Waals surface area contributed by atoms with Crippen molar-refractivity contribution in [3.05, 3.63) is 177 Å². The number of aryl methyl sites for hydroxylation is 4. The molecule has 0 unspecified atom stereocenters. The zero-order valence-electron chi connectivity index (χ0n) is 58.8. The standard InChI is InChI=1S/C80H105N7O7S/c1-12-18-19-26-50-86-71-46-34-58(13-2)54-69(71)80(10,11)73(86)48-38-61-31-29-30-60(77(61)94-65-41-43-66(44-42-65)95(90,91)92)37-47-72-79(8,9)68-53-57(7)33-45-70(68)85(72)51-27-23-24-32-74(88)81-49-25-21-20-22-28-52-93-64-39-35-59(36-40-64)76-67(56-75(89)84(16-5)17-6)78-82-62(14-3)55-63(15-4)87(78)83-76/h33-48,53-55H,12-32,49-52,56H2,1-11H3,(H-,81,88,90,91,92)/p+1. The number of nitrogens with one attached hydrogen (secondary N) is 1. The van der Waals surface area contributed by atoms with Crippen LogP contribution in [0.3, 0.4) is 0 Å². The van der Waals surface area contributed by atoms with Gasteiger partial charge >= 0.3 is 0 Å². The van der Waals surface area contributed by atoms with Crippen LogP contribution in [-0.4, -0.2) is 93.9 Å². The number of allylic oxidation sites excluding steroid dienone is 7. The van der Waals surface area contributed by atoms with E-state index in [2.05, 4.69) is 144 Å². The summed E-state index contributed by atoms with van der Waals surface area (Å²) in [6, 6.07) is 30.0. The molecule has 2 aliphatic heterocycles. The highest BCUT2D eigenvalue weighted by molar-refractivity contribution is 7.85. The highest BCUT2D eigenvalue weighted by atomic mass is 32.2. The van der Waals surface area contributed by atoms with Crippen molar-refractivity contribution in [3.63, 3.8) is 0 Å². The molecule has 4 heterocycles. The van der Waals surface area contributed by atoms with Gasteiger partial charge in [-0.3, -0.25) is 14.1 Å². The first-order valence-electron chi connectivity index (χ1n) is 35.7. The van der Waals surface area contributed by atoms with Gasteiger partial charge in [-0.15, -0.1) is 0 Å². The van der Waals surface area contributed by atoms with Crippen molar-refractivity contribution in [1.82, 2.24) is 24.8 Å². The summed E-state index contributed by atoms with van der Waals surface area (Å²) < 4.78 is 51.5. The van der Waals surface area contributed by atoms with Gasteiger partial charge in [0.15, 0.2) is 11.4 Å². The van der Waals surface area contributed by atoms with E-state index in [1.165, 1.54) is 76.4 Å². The third-order valence-corrected chi connectivity index (χ3v) is 20.5. The number of carbonyl (C=O) groups excluding carboxylic acids is 2. The molecule has 9 rings (SSSR count). The fourth-order valence-corrected chi connectivity index (χ4v) is 14.4. The van der Waals surface area contributed by atoms with Gasteiger partial charge in [-0.1, -0.05) is 110 Å². The number of anilines is 1. The van der Waals surface area contributed by atoms with Crippen LogP contribution in [0.1, 0.15) is 211 Å². The van der Waals surface area contributed by atoms with Crippen LogP contribution in [0.5, 0.6) is 11.5 Å². The minimum Gasteiger partial charge on any atom is -0.494 e. The predicted molar refractivity (Wildman–Crippen MR) is 386 cm³/mol. The lowest BCUT2D eigenvalue weighted by molar-refractivity contribution is -0.438. The van der Waals surface area contributed by atoms with Gasteiger partial charge in [-0.05, 0) is 206 Å². The van der Waals surface area contributed by atoms with Gasteiger partial charge in [0.2, 0.25) is 17.5 Å². The average molecular weight is 1310 g/mol. The zero-order chi connectivity index (χ0) is 67.9. The third kappa shape index (κ3) is 17.3. The Balaban J connectivity index is 0.795. The molecule has 0 bridgehead atoms. The molecule has 2 N–H and O–H groups in total. The van der Waals surface area contributed by atoms with E-state index in [-0.39, 0.29) is 34.0 Å². The molecule has 14 nitrogen and oxygen atoms in total. The molecular formula is C80H106N7O7S+. The first-order valence-corrected chi connectivity index (χ1v) is 37.1. The van der Waals surface area contributed by atoms with Crippen molar-refractivity contribution in [1.29, 1.82) is 0 Å². The van der Waals surface area contributed by atoms with Crippen LogP contribution in [0.2, 0.25) is 0 Å². The van der Waals surface area contributed by atoms with Gasteiger partial charge in [0.05, 0.1) is 29.0 Å². The summed E-state index contributed by atoms with van der Waals surface area (Å²) in [6.45, 7) is 28.6. The molecule has 0 radical (unpaired) electrons. The second-order valence-corrected chi connectivity index (χ2v) is 28.5. The summed E-state index contributed by atoms with van der Waals surface area (Å²) in [5.74, 6) is 2.25. The number of amides is 2. The van der Waals surface area contributed by atoms with Gasteiger partial charge in [-0.2, -0.15) is 18.1 Å². The summed E-state index contributed by atoms with van der Waals surface area (Å²) in [7, 11) is -4.38. The van der Waals surface area contributed by atoms with Crippen LogP contribution >= 0.6 is 0 Å². The molecule has 0 saturated carbocycles. The first kappa shape index (κ1) is 71.7. The molecule has 508 valence electrons. The fourth-order valence-electron chi connectivity index (χ4n) is 14.0. The molecule has 95 heavy (non-hydrogen) atoms. The Morgan fingerprint density at radius 2 is 1.46 bits per heavy atom. The molecule has 2 aromatic heterocycles. The quantitative estimate of drug-likeness (QED) is 0.0226. The number of benzene rings is 4. The smallest absolute Gasteiger partial charge is 0.294 e. The molecule has 0 spiro atoms. The molecule has 4 aromatic carbocycles. The van der Waals surface area contributed by atoms with E-state index in [4.69, 9.17) is 19.6 Å². The van der Waals surface area contributed by atoms with Crippen LogP contribution < -0.4 is 19.7 Å². The second-order valence-electron chi connectivity index (χ2n) is 27.1. The maximum absolute atomic E-state index is 13.5. The average Bonchev–Trinajstić information content (AvgIpc) is 1.61. The van der Waals surface area contributed by atoms with Crippen molar-refractivity contribution < 1.29 is 36.6 Å². The lowest BCUT2D eigenvalue weighted by atomic mass is 9.80. The minimum absolute atomic E-state index is 0.0746. The Kier molecular flexibility index (Phi) is 24.8. The molecule has 1 aliphatic carbocycles. The Morgan fingerprint density at radius 1 is 0.737 bits per heavy atom. The Morgan fingerprint density at radius 3 is 2.18 bits per heavy atom. The van der Waals surface area contributed by atoms with Gasteiger partial charge in [0, 0.05) is 96.0 Å². The van der Waals surface area contributed by atoms with Crippen molar-refractivity contribution >= 4 is 44.7 Å². The number of likely N-dealkylation sites (N-methyl/N-ethyl adjacent to an activating group) is 1. The van der Waals surface area contributed by atoms with E-state index in [1.807, 2.05) is 47.5 Å². The molecular weight excluding hydrogens is 1200 g/mol. The summed E-state index contributed by atoms with van der Waals surface area (Å²) in [5.41, 5.74) is 17.2. The zero-order valence-corrected chi connectivity index (χ0v) is 59.7. The van der Waals surface area contributed by atoms with E-state index in [9.17, 15) is 22.6 Å². The fraction of sp³-hybridized carbons (Fsp3) is 0.487. The van der Waals surface area contributed by atoms with Crippen molar-refractivity contribution in [2.45, 2.75) is 220 Å². The highest BCUT2D eigenvalue weighted by Crippen LogP contribution is 2.49. The van der Waals surface area contributed by atoms with Crippen molar-refractivity contribution in [2.75, 3.05) is 44.2 Å². The predicted octanol–water partition coefficient (Wildman–Crippen LogP) is 17.4. The van der Waals surface area contributed by atoms with Crippen LogP contribution in [0.4, 0.5) is 11.4 Å². The van der Waals surface area contributed by atoms with Crippen molar-refractivity contribution in [2.24, 2.45) is 0 Å². The van der Waals surface area contributed by atoms with E-state index in [1.54, 1.807) is 12.1 Å². The highest BCUT2D eigenvalue weighted by Gasteiger charge is 2.45. The van der Waals surface area contributed by atoms with Crippen molar-refractivity contribution in [3.8, 4) is 22.8 Å². The van der Waals surface area contributed by atoms with E-state index < -0.39 is 10.1 Å². The van der Waals surface area contributed by atoms with E-state index in [0.717, 1.165) is 166 Å². The number of fused-ring (bicyclic) bond motifs is 3. The number of carbonyl (C=O) groups is 2. The molecule has 3 aliphatic rings. The SMILES string of the molecule is CCCCCCN1/C(=C/C=C2\CCCC(/C=C/C3=[N+](CCCCCC(=O)NCCCCCCCOc4ccc(-c5nn6c(CC)cc(CC)nc6c5CC(=O)N(CC)CC)cc4)c4ccc(C)cc4C3(C)C)=C2Oc2ccc(S(=O)(=O)O)cc2)C(C)(C)c2cc(CC)ccc21. The molecule has 0 atom stereocenters. The minimum atomic E-state index is -4.38. The molecule has 0 saturated heterocycles. The monoisotopic (exact) mass is 1310 g/mol. The van der Waals surface area contributed by atoms with Gasteiger partial charge in [0.25, 0.3) is 10.1 Å². The summed E-state index contributed by atoms with van der Waals surface area (Å²) in [5, 5.41) is 8.23. The number of ether oxygens (including phenoxy) is 2. The molecule has 6 aromatic rings. The number of nitrogens with zero attached hydrogens (tertiary/aromatic N) is 6. The Bertz CT molecular complexity index is 3940. The van der Waals surface area contributed by atoms with Crippen LogP contribution in [0.25, 0.3) is 16.9 Å². The van der Waals surface area contributed by atoms with E-state index in [0.29, 0.717) is 38.4 Å².